The van der Waals surface area contributed by atoms with Gasteiger partial charge in [-0.05, 0) is 43.2 Å². The van der Waals surface area contributed by atoms with Crippen LogP contribution in [0.2, 0.25) is 10.0 Å². The Hall–Kier alpha value is -0.490. The number of sulfonamides is 1. The Balaban J connectivity index is 1.87. The van der Waals surface area contributed by atoms with Crippen molar-refractivity contribution in [2.75, 3.05) is 7.11 Å². The number of hydrogen-bond acceptors (Lipinski definition) is 3. The number of ether oxygens (including phenoxy) is 1. The van der Waals surface area contributed by atoms with Crippen molar-refractivity contribution < 1.29 is 13.2 Å². The molecule has 1 N–H and O–H groups in total. The molecule has 0 spiro atoms. The summed E-state index contributed by atoms with van der Waals surface area (Å²) in [6.45, 7) is 0. The smallest absolute Gasteiger partial charge is 0.242 e. The molecule has 0 aliphatic heterocycles. The minimum absolute atomic E-state index is 0.00618. The molecule has 2 aliphatic rings. The zero-order chi connectivity index (χ0) is 15.2. The van der Waals surface area contributed by atoms with Crippen LogP contribution in [0.15, 0.2) is 17.0 Å². The van der Waals surface area contributed by atoms with Gasteiger partial charge in [0.25, 0.3) is 0 Å². The van der Waals surface area contributed by atoms with Gasteiger partial charge in [-0.2, -0.15) is 0 Å². The Kier molecular flexibility index (Phi) is 4.12. The van der Waals surface area contributed by atoms with Crippen LogP contribution in [0.4, 0.5) is 0 Å². The van der Waals surface area contributed by atoms with Crippen LogP contribution >= 0.6 is 23.2 Å². The van der Waals surface area contributed by atoms with Gasteiger partial charge in [0.15, 0.2) is 0 Å². The predicted molar refractivity (Wildman–Crippen MR) is 82.6 cm³/mol. The zero-order valence-corrected chi connectivity index (χ0v) is 13.9. The molecule has 3 rings (SSSR count). The van der Waals surface area contributed by atoms with E-state index in [0.29, 0.717) is 17.6 Å². The third-order valence-electron chi connectivity index (χ3n) is 4.57. The van der Waals surface area contributed by atoms with E-state index in [4.69, 9.17) is 27.9 Å². The summed E-state index contributed by atoms with van der Waals surface area (Å²) in [6, 6.07) is 2.97. The lowest BCUT2D eigenvalue weighted by Crippen LogP contribution is -2.38. The van der Waals surface area contributed by atoms with Gasteiger partial charge in [0.2, 0.25) is 10.0 Å². The number of methoxy groups -OCH3 is 1. The van der Waals surface area contributed by atoms with Crippen LogP contribution in [0.25, 0.3) is 0 Å². The Morgan fingerprint density at radius 2 is 1.95 bits per heavy atom. The van der Waals surface area contributed by atoms with E-state index >= 15 is 0 Å². The fourth-order valence-electron chi connectivity index (χ4n) is 3.53. The maximum atomic E-state index is 12.5. The number of fused-ring (bicyclic) bond motifs is 2. The number of benzene rings is 1. The van der Waals surface area contributed by atoms with E-state index in [1.807, 2.05) is 0 Å². The molecule has 0 radical (unpaired) electrons. The fraction of sp³-hybridized carbons (Fsp3) is 0.571. The summed E-state index contributed by atoms with van der Waals surface area (Å²) in [7, 11) is -2.21. The first-order valence-corrected chi connectivity index (χ1v) is 9.20. The van der Waals surface area contributed by atoms with Gasteiger partial charge >= 0.3 is 0 Å². The quantitative estimate of drug-likeness (QED) is 0.905. The normalized spacial score (nSPS) is 28.0. The van der Waals surface area contributed by atoms with E-state index in [-0.39, 0.29) is 21.0 Å². The number of rotatable bonds is 4. The molecule has 7 heteroatoms. The van der Waals surface area contributed by atoms with Gasteiger partial charge in [-0.1, -0.05) is 29.6 Å². The van der Waals surface area contributed by atoms with Crippen molar-refractivity contribution in [1.82, 2.24) is 4.72 Å². The van der Waals surface area contributed by atoms with Gasteiger partial charge in [0.1, 0.15) is 15.7 Å². The van der Waals surface area contributed by atoms with E-state index in [1.54, 1.807) is 0 Å². The van der Waals surface area contributed by atoms with Crippen molar-refractivity contribution in [1.29, 1.82) is 0 Å². The highest BCUT2D eigenvalue weighted by Crippen LogP contribution is 2.45. The highest BCUT2D eigenvalue weighted by molar-refractivity contribution is 7.89. The summed E-state index contributed by atoms with van der Waals surface area (Å²) in [5, 5.41) is 0.127. The van der Waals surface area contributed by atoms with Crippen LogP contribution in [-0.4, -0.2) is 21.6 Å². The molecule has 0 heterocycles. The second-order valence-corrected chi connectivity index (χ2v) is 8.23. The topological polar surface area (TPSA) is 55.4 Å². The van der Waals surface area contributed by atoms with Gasteiger partial charge in [-0.3, -0.25) is 0 Å². The minimum atomic E-state index is -3.67. The van der Waals surface area contributed by atoms with Gasteiger partial charge in [0.05, 0.1) is 12.1 Å². The maximum absolute atomic E-state index is 12.5. The Morgan fingerprint density at radius 1 is 1.19 bits per heavy atom. The van der Waals surface area contributed by atoms with Crippen LogP contribution in [0.1, 0.15) is 25.7 Å². The second-order valence-electron chi connectivity index (χ2n) is 5.80. The van der Waals surface area contributed by atoms with Crippen LogP contribution in [0, 0.1) is 11.8 Å². The summed E-state index contributed by atoms with van der Waals surface area (Å²) in [5.74, 6) is 1.48. The first kappa shape index (κ1) is 15.4. The first-order valence-electron chi connectivity index (χ1n) is 6.96. The van der Waals surface area contributed by atoms with E-state index in [1.165, 1.54) is 25.7 Å². The molecule has 3 atom stereocenters. The van der Waals surface area contributed by atoms with Crippen molar-refractivity contribution in [3.63, 3.8) is 0 Å². The summed E-state index contributed by atoms with van der Waals surface area (Å²) in [6.07, 6.45) is 4.38. The standard InChI is InChI=1S/C14H17Cl2NO3S/c1-20-11-4-5-12(14(16)13(11)15)21(18,19)17-10-7-8-2-3-9(10)6-8/h4-5,8-10,17H,2-3,6-7H2,1H3. The van der Waals surface area contributed by atoms with Crippen LogP contribution < -0.4 is 9.46 Å². The largest absolute Gasteiger partial charge is 0.495 e. The molecule has 0 saturated heterocycles. The van der Waals surface area contributed by atoms with Gasteiger partial charge < -0.3 is 4.74 Å². The number of halogens is 2. The summed E-state index contributed by atoms with van der Waals surface area (Å²) < 4.78 is 32.9. The molecule has 2 aliphatic carbocycles. The highest BCUT2D eigenvalue weighted by atomic mass is 35.5. The van der Waals surface area contributed by atoms with Gasteiger partial charge in [0, 0.05) is 6.04 Å². The molecule has 4 nitrogen and oxygen atoms in total. The van der Waals surface area contributed by atoms with E-state index in [2.05, 4.69) is 4.72 Å². The van der Waals surface area contributed by atoms with Crippen LogP contribution in [0.5, 0.6) is 5.75 Å². The van der Waals surface area contributed by atoms with E-state index < -0.39 is 10.0 Å². The Morgan fingerprint density at radius 3 is 2.52 bits per heavy atom. The zero-order valence-electron chi connectivity index (χ0n) is 11.6. The monoisotopic (exact) mass is 349 g/mol. The lowest BCUT2D eigenvalue weighted by molar-refractivity contribution is 0.390. The lowest BCUT2D eigenvalue weighted by Gasteiger charge is -2.23. The molecule has 2 bridgehead atoms. The third-order valence-corrected chi connectivity index (χ3v) is 7.07. The fourth-order valence-corrected chi connectivity index (χ4v) is 5.69. The lowest BCUT2D eigenvalue weighted by atomic mass is 9.96. The van der Waals surface area contributed by atoms with Crippen molar-refractivity contribution in [2.45, 2.75) is 36.6 Å². The molecule has 2 saturated carbocycles. The van der Waals surface area contributed by atoms with Crippen LogP contribution in [-0.2, 0) is 10.0 Å². The summed E-state index contributed by atoms with van der Waals surface area (Å²) in [5.41, 5.74) is 0. The predicted octanol–water partition coefficient (Wildman–Crippen LogP) is 3.47. The maximum Gasteiger partial charge on any atom is 0.242 e. The van der Waals surface area contributed by atoms with E-state index in [0.717, 1.165) is 19.3 Å². The van der Waals surface area contributed by atoms with E-state index in [9.17, 15) is 8.42 Å². The number of nitrogens with one attached hydrogen (secondary N) is 1. The molecule has 21 heavy (non-hydrogen) atoms. The Labute approximate surface area is 134 Å². The molecule has 1 aromatic carbocycles. The average molecular weight is 350 g/mol. The SMILES string of the molecule is COc1ccc(S(=O)(=O)NC2CC3CCC2C3)c(Cl)c1Cl. The molecule has 2 fully saturated rings. The third kappa shape index (κ3) is 2.77. The van der Waals surface area contributed by atoms with Crippen LogP contribution in [0.3, 0.4) is 0 Å². The minimum Gasteiger partial charge on any atom is -0.495 e. The second kappa shape index (κ2) is 5.61. The summed E-state index contributed by atoms with van der Waals surface area (Å²) in [4.78, 5) is 0.0118. The van der Waals surface area contributed by atoms with Gasteiger partial charge in [-0.25, -0.2) is 13.1 Å². The average Bonchev–Trinajstić information content (AvgIpc) is 3.03. The van der Waals surface area contributed by atoms with Crippen molar-refractivity contribution >= 4 is 33.2 Å². The molecule has 1 aromatic rings. The Bertz CT molecular complexity index is 662. The molecule has 0 amide bonds. The molecule has 3 unspecified atom stereocenters. The van der Waals surface area contributed by atoms with Crippen molar-refractivity contribution in [3.05, 3.63) is 22.2 Å². The van der Waals surface area contributed by atoms with Gasteiger partial charge in [-0.15, -0.1) is 0 Å². The molecule has 0 aromatic heterocycles. The van der Waals surface area contributed by atoms with Crippen molar-refractivity contribution in [3.8, 4) is 5.75 Å². The highest BCUT2D eigenvalue weighted by Gasteiger charge is 2.41. The molecule has 116 valence electrons. The molecular formula is C14H17Cl2NO3S. The number of hydrogen-bond donors (Lipinski definition) is 1. The summed E-state index contributed by atoms with van der Waals surface area (Å²) >= 11 is 12.1. The van der Waals surface area contributed by atoms with Crippen molar-refractivity contribution in [2.24, 2.45) is 11.8 Å². The first-order chi connectivity index (χ1) is 9.92. The molecular weight excluding hydrogens is 333 g/mol.